The highest BCUT2D eigenvalue weighted by molar-refractivity contribution is 6.34. The van der Waals surface area contributed by atoms with Gasteiger partial charge in [-0.2, -0.15) is 5.10 Å². The molecule has 0 radical (unpaired) electrons. The zero-order chi connectivity index (χ0) is 13.5. The van der Waals surface area contributed by atoms with Gasteiger partial charge in [0.15, 0.2) is 0 Å². The van der Waals surface area contributed by atoms with Crippen molar-refractivity contribution < 1.29 is 9.59 Å². The number of nitrogens with one attached hydrogen (secondary N) is 1. The minimum atomic E-state index is -1.05. The molecular weight excluding hydrogens is 230 g/mol. The fourth-order valence-electron chi connectivity index (χ4n) is 1.46. The van der Waals surface area contributed by atoms with E-state index in [1.807, 2.05) is 24.3 Å². The molecule has 0 aliphatic rings. The van der Waals surface area contributed by atoms with Crippen molar-refractivity contribution in [3.05, 3.63) is 35.4 Å². The molecule has 0 aliphatic carbocycles. The molecule has 1 rings (SSSR count). The number of hydrazone groups is 1. The fraction of sp³-hybridized carbons (Fsp3) is 0.308. The lowest BCUT2D eigenvalue weighted by Gasteiger charge is -2.03. The van der Waals surface area contributed by atoms with E-state index in [1.54, 1.807) is 6.92 Å². The van der Waals surface area contributed by atoms with Gasteiger partial charge in [-0.3, -0.25) is 9.59 Å². The average molecular weight is 247 g/mol. The molecule has 0 aromatic heterocycles. The Balaban J connectivity index is 2.71. The van der Waals surface area contributed by atoms with Crippen LogP contribution in [0.4, 0.5) is 0 Å². The molecule has 1 aromatic rings. The van der Waals surface area contributed by atoms with Gasteiger partial charge in [-0.1, -0.05) is 37.6 Å². The topological polar surface area (TPSA) is 84.6 Å². The van der Waals surface area contributed by atoms with Gasteiger partial charge in [-0.05, 0) is 24.5 Å². The van der Waals surface area contributed by atoms with Crippen molar-refractivity contribution in [1.29, 1.82) is 0 Å². The van der Waals surface area contributed by atoms with Gasteiger partial charge in [0.25, 0.3) is 0 Å². The summed E-state index contributed by atoms with van der Waals surface area (Å²) < 4.78 is 0. The van der Waals surface area contributed by atoms with Crippen LogP contribution in [0.1, 0.15) is 31.4 Å². The minimum absolute atomic E-state index is 0.618. The van der Waals surface area contributed by atoms with Crippen LogP contribution in [0.25, 0.3) is 0 Å². The zero-order valence-electron chi connectivity index (χ0n) is 10.6. The molecule has 0 spiro atoms. The van der Waals surface area contributed by atoms with E-state index in [0.717, 1.165) is 18.4 Å². The molecule has 5 nitrogen and oxygen atoms in total. The normalized spacial score (nSPS) is 11.1. The maximum Gasteiger partial charge on any atom is 0.329 e. The minimum Gasteiger partial charge on any atom is -0.361 e. The maximum absolute atomic E-state index is 10.9. The van der Waals surface area contributed by atoms with Crippen molar-refractivity contribution in [2.45, 2.75) is 26.7 Å². The highest BCUT2D eigenvalue weighted by Crippen LogP contribution is 2.07. The van der Waals surface area contributed by atoms with Crippen LogP contribution in [0.5, 0.6) is 0 Å². The summed E-state index contributed by atoms with van der Waals surface area (Å²) in [4.78, 5) is 21.4. The Kier molecular flexibility index (Phi) is 5.05. The van der Waals surface area contributed by atoms with Crippen LogP contribution >= 0.6 is 0 Å². The number of rotatable bonds is 4. The number of amides is 2. The van der Waals surface area contributed by atoms with Crippen molar-refractivity contribution in [1.82, 2.24) is 5.43 Å². The van der Waals surface area contributed by atoms with Gasteiger partial charge in [0, 0.05) is 0 Å². The summed E-state index contributed by atoms with van der Waals surface area (Å²) in [6.07, 6.45) is 2.13. The first-order chi connectivity index (χ1) is 8.54. The van der Waals surface area contributed by atoms with E-state index >= 15 is 0 Å². The number of nitrogens with zero attached hydrogens (tertiary/aromatic N) is 1. The zero-order valence-corrected chi connectivity index (χ0v) is 10.6. The Morgan fingerprint density at radius 1 is 1.28 bits per heavy atom. The third-order valence-corrected chi connectivity index (χ3v) is 2.46. The van der Waals surface area contributed by atoms with Gasteiger partial charge in [-0.15, -0.1) is 0 Å². The Hall–Kier alpha value is -2.17. The predicted molar refractivity (Wildman–Crippen MR) is 70.0 cm³/mol. The van der Waals surface area contributed by atoms with Crippen LogP contribution in [0.2, 0.25) is 0 Å². The van der Waals surface area contributed by atoms with E-state index in [9.17, 15) is 9.59 Å². The molecule has 0 unspecified atom stereocenters. The molecule has 0 bridgehead atoms. The number of carbonyl (C=O) groups is 2. The van der Waals surface area contributed by atoms with Crippen LogP contribution in [0.15, 0.2) is 29.4 Å². The van der Waals surface area contributed by atoms with Gasteiger partial charge in [-0.25, -0.2) is 5.43 Å². The van der Waals surface area contributed by atoms with E-state index in [4.69, 9.17) is 5.73 Å². The molecule has 2 amide bonds. The number of aryl methyl sites for hydroxylation is 1. The maximum atomic E-state index is 10.9. The molecule has 3 N–H and O–H groups in total. The van der Waals surface area contributed by atoms with Gasteiger partial charge in [0.1, 0.15) is 0 Å². The highest BCUT2D eigenvalue weighted by Gasteiger charge is 2.06. The van der Waals surface area contributed by atoms with Gasteiger partial charge in [0.2, 0.25) is 0 Å². The molecule has 1 aromatic carbocycles. The first-order valence-corrected chi connectivity index (χ1v) is 5.78. The van der Waals surface area contributed by atoms with E-state index in [0.29, 0.717) is 5.71 Å². The Labute approximate surface area is 106 Å². The standard InChI is InChI=1S/C13H17N3O2/c1-3-4-10-5-7-11(8-6-10)9(2)15-16-13(18)12(14)17/h5-8H,3-4H2,1-2H3,(H2,14,17)(H,16,18)/b15-9-. The highest BCUT2D eigenvalue weighted by atomic mass is 16.2. The third kappa shape index (κ3) is 4.01. The number of carbonyl (C=O) groups excluding carboxylic acids is 2. The van der Waals surface area contributed by atoms with Crippen LogP contribution in [0, 0.1) is 0 Å². The smallest absolute Gasteiger partial charge is 0.329 e. The number of primary amides is 1. The molecule has 0 aliphatic heterocycles. The molecule has 0 heterocycles. The lowest BCUT2D eigenvalue weighted by molar-refractivity contribution is -0.137. The summed E-state index contributed by atoms with van der Waals surface area (Å²) in [5.41, 5.74) is 9.65. The predicted octanol–water partition coefficient (Wildman–Crippen LogP) is 0.965. The molecule has 0 saturated heterocycles. The monoisotopic (exact) mass is 247 g/mol. The fourth-order valence-corrected chi connectivity index (χ4v) is 1.46. The summed E-state index contributed by atoms with van der Waals surface area (Å²) in [7, 11) is 0. The van der Waals surface area contributed by atoms with Crippen molar-refractivity contribution in [3.63, 3.8) is 0 Å². The Bertz CT molecular complexity index is 464. The molecule has 5 heteroatoms. The number of hydrogen-bond acceptors (Lipinski definition) is 3. The van der Waals surface area contributed by atoms with Crippen LogP contribution in [-0.2, 0) is 16.0 Å². The second-order valence-corrected chi connectivity index (χ2v) is 3.95. The number of benzene rings is 1. The largest absolute Gasteiger partial charge is 0.361 e. The van der Waals surface area contributed by atoms with Crippen LogP contribution in [0.3, 0.4) is 0 Å². The summed E-state index contributed by atoms with van der Waals surface area (Å²) in [6, 6.07) is 7.90. The van der Waals surface area contributed by atoms with Crippen LogP contribution in [-0.4, -0.2) is 17.5 Å². The van der Waals surface area contributed by atoms with E-state index in [2.05, 4.69) is 17.5 Å². The van der Waals surface area contributed by atoms with E-state index in [1.165, 1.54) is 5.56 Å². The van der Waals surface area contributed by atoms with Crippen molar-refractivity contribution >= 4 is 17.5 Å². The summed E-state index contributed by atoms with van der Waals surface area (Å²) in [5, 5.41) is 3.81. The van der Waals surface area contributed by atoms with Gasteiger partial charge < -0.3 is 5.73 Å². The Morgan fingerprint density at radius 2 is 1.89 bits per heavy atom. The average Bonchev–Trinajstić information content (AvgIpc) is 2.36. The molecule has 96 valence electrons. The molecule has 0 fully saturated rings. The van der Waals surface area contributed by atoms with E-state index in [-0.39, 0.29) is 0 Å². The lowest BCUT2D eigenvalue weighted by Crippen LogP contribution is -2.33. The quantitative estimate of drug-likeness (QED) is 0.472. The van der Waals surface area contributed by atoms with Gasteiger partial charge in [0.05, 0.1) is 5.71 Å². The Morgan fingerprint density at radius 3 is 2.39 bits per heavy atom. The van der Waals surface area contributed by atoms with Crippen molar-refractivity contribution in [2.75, 3.05) is 0 Å². The second kappa shape index (κ2) is 6.54. The second-order valence-electron chi connectivity index (χ2n) is 3.95. The molecule has 0 atom stereocenters. The van der Waals surface area contributed by atoms with Crippen molar-refractivity contribution in [3.8, 4) is 0 Å². The summed E-state index contributed by atoms with van der Waals surface area (Å²) in [6.45, 7) is 3.87. The third-order valence-electron chi connectivity index (χ3n) is 2.46. The van der Waals surface area contributed by atoms with Gasteiger partial charge >= 0.3 is 11.8 Å². The number of hydrogen-bond donors (Lipinski definition) is 2. The SMILES string of the molecule is CCCc1ccc(/C(C)=N\NC(=O)C(N)=O)cc1. The lowest BCUT2D eigenvalue weighted by atomic mass is 10.1. The molecular formula is C13H17N3O2. The van der Waals surface area contributed by atoms with Crippen LogP contribution < -0.4 is 11.2 Å². The van der Waals surface area contributed by atoms with E-state index < -0.39 is 11.8 Å². The van der Waals surface area contributed by atoms with Crippen molar-refractivity contribution in [2.24, 2.45) is 10.8 Å². The first-order valence-electron chi connectivity index (χ1n) is 5.78. The summed E-state index contributed by atoms with van der Waals surface area (Å²) in [5.74, 6) is -1.97. The molecule has 0 saturated carbocycles. The first kappa shape index (κ1) is 13.9. The summed E-state index contributed by atoms with van der Waals surface area (Å²) >= 11 is 0. The number of nitrogens with two attached hydrogens (primary N) is 1. The molecule has 18 heavy (non-hydrogen) atoms.